The van der Waals surface area contributed by atoms with Gasteiger partial charge in [0.05, 0.1) is 0 Å². The van der Waals surface area contributed by atoms with Crippen molar-refractivity contribution in [3.63, 3.8) is 0 Å². The van der Waals surface area contributed by atoms with E-state index < -0.39 is 0 Å². The Morgan fingerprint density at radius 3 is 2.50 bits per heavy atom. The first kappa shape index (κ1) is 11.4. The van der Waals surface area contributed by atoms with E-state index in [-0.39, 0.29) is 0 Å². The molecule has 0 amide bonds. The summed E-state index contributed by atoms with van der Waals surface area (Å²) in [6, 6.07) is 13.4. The predicted molar refractivity (Wildman–Crippen MR) is 76.3 cm³/mol. The van der Waals surface area contributed by atoms with Crippen molar-refractivity contribution >= 4 is 5.69 Å². The van der Waals surface area contributed by atoms with E-state index in [2.05, 4.69) is 58.7 Å². The highest BCUT2D eigenvalue weighted by atomic mass is 15.0. The van der Waals surface area contributed by atoms with Crippen molar-refractivity contribution in [1.29, 1.82) is 0 Å². The average molecular weight is 240 g/mol. The highest BCUT2D eigenvalue weighted by Gasteiger charge is 2.12. The molecule has 0 atom stereocenters. The molecule has 1 aromatic carbocycles. The summed E-state index contributed by atoms with van der Waals surface area (Å²) in [5.74, 6) is 0. The largest absolute Gasteiger partial charge is 0.382 e. The molecule has 3 rings (SSSR count). The number of nitrogens with zero attached hydrogens (tertiary/aromatic N) is 1. The number of nitrogens with one attached hydrogen (secondary N) is 1. The van der Waals surface area contributed by atoms with Crippen molar-refractivity contribution in [2.75, 3.05) is 5.32 Å². The number of aromatic nitrogens is 1. The second kappa shape index (κ2) is 5.30. The quantitative estimate of drug-likeness (QED) is 0.850. The molecule has 2 nitrogen and oxygen atoms in total. The fraction of sp³-hybridized carbons (Fsp3) is 0.375. The van der Waals surface area contributed by atoms with Crippen molar-refractivity contribution in [3.05, 3.63) is 48.8 Å². The van der Waals surface area contributed by atoms with Crippen molar-refractivity contribution in [2.45, 2.75) is 38.1 Å². The van der Waals surface area contributed by atoms with Crippen LogP contribution in [0.4, 0.5) is 5.69 Å². The van der Waals surface area contributed by atoms with Gasteiger partial charge in [-0.15, -0.1) is 0 Å². The molecule has 0 bridgehead atoms. The standard InChI is InChI=1S/C16H20N2/c1-2-7-14(8-3-1)17-15-9-6-10-16(13-15)18-11-4-5-12-18/h4-6,9-14,17H,1-3,7-8H2. The molecule has 1 aromatic heterocycles. The maximum Gasteiger partial charge on any atom is 0.0469 e. The van der Waals surface area contributed by atoms with Gasteiger partial charge in [-0.25, -0.2) is 0 Å². The first-order chi connectivity index (χ1) is 8.92. The van der Waals surface area contributed by atoms with Gasteiger partial charge in [0.1, 0.15) is 0 Å². The molecule has 1 N–H and O–H groups in total. The third-order valence-electron chi connectivity index (χ3n) is 3.72. The second-order valence-electron chi connectivity index (χ2n) is 5.12. The molecule has 1 aliphatic carbocycles. The highest BCUT2D eigenvalue weighted by Crippen LogP contribution is 2.22. The smallest absolute Gasteiger partial charge is 0.0469 e. The van der Waals surface area contributed by atoms with Crippen LogP contribution in [0.5, 0.6) is 0 Å². The number of benzene rings is 1. The SMILES string of the molecule is c1cc(NC2CCCCC2)cc(-n2cccc2)c1. The maximum absolute atomic E-state index is 3.67. The summed E-state index contributed by atoms with van der Waals surface area (Å²) < 4.78 is 2.14. The fourth-order valence-corrected chi connectivity index (χ4v) is 2.75. The van der Waals surface area contributed by atoms with Crippen molar-refractivity contribution in [3.8, 4) is 5.69 Å². The Hall–Kier alpha value is -1.70. The molecule has 1 aliphatic rings. The molecule has 18 heavy (non-hydrogen) atoms. The van der Waals surface area contributed by atoms with Gasteiger partial charge in [0.2, 0.25) is 0 Å². The molecular formula is C16H20N2. The van der Waals surface area contributed by atoms with Crippen LogP contribution in [0.2, 0.25) is 0 Å². The van der Waals surface area contributed by atoms with Crippen LogP contribution in [-0.4, -0.2) is 10.6 Å². The van der Waals surface area contributed by atoms with Crippen LogP contribution >= 0.6 is 0 Å². The molecule has 1 fully saturated rings. The normalized spacial score (nSPS) is 16.7. The van der Waals surface area contributed by atoms with E-state index in [4.69, 9.17) is 0 Å². The third kappa shape index (κ3) is 2.58. The van der Waals surface area contributed by atoms with Crippen LogP contribution < -0.4 is 5.32 Å². The lowest BCUT2D eigenvalue weighted by Crippen LogP contribution is -2.22. The zero-order chi connectivity index (χ0) is 12.2. The van der Waals surface area contributed by atoms with Gasteiger partial charge in [0.25, 0.3) is 0 Å². The molecule has 94 valence electrons. The lowest BCUT2D eigenvalue weighted by molar-refractivity contribution is 0.463. The van der Waals surface area contributed by atoms with E-state index in [0.717, 1.165) is 0 Å². The van der Waals surface area contributed by atoms with Gasteiger partial charge in [-0.1, -0.05) is 25.3 Å². The average Bonchev–Trinajstić information content (AvgIpc) is 2.94. The van der Waals surface area contributed by atoms with Gasteiger partial charge in [-0.2, -0.15) is 0 Å². The monoisotopic (exact) mass is 240 g/mol. The highest BCUT2D eigenvalue weighted by molar-refractivity contribution is 5.51. The summed E-state index contributed by atoms with van der Waals surface area (Å²) >= 11 is 0. The molecular weight excluding hydrogens is 220 g/mol. The lowest BCUT2D eigenvalue weighted by atomic mass is 9.95. The molecule has 2 heteroatoms. The summed E-state index contributed by atoms with van der Waals surface area (Å²) in [4.78, 5) is 0. The molecule has 0 unspecified atom stereocenters. The van der Waals surface area contributed by atoms with E-state index in [1.54, 1.807) is 0 Å². The Balaban J connectivity index is 1.74. The zero-order valence-corrected chi connectivity index (χ0v) is 10.7. The maximum atomic E-state index is 3.67. The van der Waals surface area contributed by atoms with Crippen LogP contribution in [-0.2, 0) is 0 Å². The predicted octanol–water partition coefficient (Wildman–Crippen LogP) is 4.22. The van der Waals surface area contributed by atoms with Crippen molar-refractivity contribution in [1.82, 2.24) is 4.57 Å². The summed E-state index contributed by atoms with van der Waals surface area (Å²) in [6.45, 7) is 0. The van der Waals surface area contributed by atoms with Gasteiger partial charge in [0.15, 0.2) is 0 Å². The van der Waals surface area contributed by atoms with Crippen LogP contribution in [0, 0.1) is 0 Å². The minimum Gasteiger partial charge on any atom is -0.382 e. The number of hydrogen-bond acceptors (Lipinski definition) is 1. The van der Waals surface area contributed by atoms with E-state index in [1.807, 2.05) is 0 Å². The Kier molecular flexibility index (Phi) is 3.35. The summed E-state index contributed by atoms with van der Waals surface area (Å²) in [7, 11) is 0. The first-order valence-electron chi connectivity index (χ1n) is 6.92. The van der Waals surface area contributed by atoms with Crippen LogP contribution in [0.3, 0.4) is 0 Å². The molecule has 1 heterocycles. The summed E-state index contributed by atoms with van der Waals surface area (Å²) in [5, 5.41) is 3.67. The van der Waals surface area contributed by atoms with Gasteiger partial charge in [-0.05, 0) is 43.2 Å². The molecule has 2 aromatic rings. The first-order valence-corrected chi connectivity index (χ1v) is 6.92. The van der Waals surface area contributed by atoms with Gasteiger partial charge >= 0.3 is 0 Å². The van der Waals surface area contributed by atoms with E-state index >= 15 is 0 Å². The van der Waals surface area contributed by atoms with Crippen LogP contribution in [0.1, 0.15) is 32.1 Å². The lowest BCUT2D eigenvalue weighted by Gasteiger charge is -2.24. The fourth-order valence-electron chi connectivity index (χ4n) is 2.75. The van der Waals surface area contributed by atoms with E-state index in [9.17, 15) is 0 Å². The Bertz CT molecular complexity index is 482. The number of anilines is 1. The van der Waals surface area contributed by atoms with Crippen molar-refractivity contribution in [2.24, 2.45) is 0 Å². The minimum absolute atomic E-state index is 0.665. The van der Waals surface area contributed by atoms with Gasteiger partial charge in [0, 0.05) is 29.8 Å². The molecule has 0 saturated heterocycles. The summed E-state index contributed by atoms with van der Waals surface area (Å²) in [5.41, 5.74) is 2.47. The molecule has 1 saturated carbocycles. The Morgan fingerprint density at radius 2 is 1.72 bits per heavy atom. The Labute approximate surface area is 109 Å². The summed E-state index contributed by atoms with van der Waals surface area (Å²) in [6.07, 6.45) is 10.9. The van der Waals surface area contributed by atoms with Crippen LogP contribution in [0.25, 0.3) is 5.69 Å². The van der Waals surface area contributed by atoms with Crippen LogP contribution in [0.15, 0.2) is 48.8 Å². The van der Waals surface area contributed by atoms with E-state index in [1.165, 1.54) is 43.5 Å². The molecule has 0 radical (unpaired) electrons. The van der Waals surface area contributed by atoms with Gasteiger partial charge in [-0.3, -0.25) is 0 Å². The number of rotatable bonds is 3. The minimum atomic E-state index is 0.665. The third-order valence-corrected chi connectivity index (χ3v) is 3.72. The van der Waals surface area contributed by atoms with Gasteiger partial charge < -0.3 is 9.88 Å². The molecule has 0 spiro atoms. The zero-order valence-electron chi connectivity index (χ0n) is 10.7. The molecule has 0 aliphatic heterocycles. The topological polar surface area (TPSA) is 17.0 Å². The number of hydrogen-bond donors (Lipinski definition) is 1. The van der Waals surface area contributed by atoms with E-state index in [0.29, 0.717) is 6.04 Å². The van der Waals surface area contributed by atoms with Crippen molar-refractivity contribution < 1.29 is 0 Å². The second-order valence-corrected chi connectivity index (χ2v) is 5.12. The Morgan fingerprint density at radius 1 is 0.944 bits per heavy atom.